The Morgan fingerprint density at radius 1 is 1.07 bits per heavy atom. The van der Waals surface area contributed by atoms with Crippen molar-refractivity contribution in [2.24, 2.45) is 0 Å². The van der Waals surface area contributed by atoms with Crippen LogP contribution in [0.15, 0.2) is 42.5 Å². The number of ether oxygens (including phenoxy) is 2. The van der Waals surface area contributed by atoms with E-state index in [-0.39, 0.29) is 0 Å². The number of nitrogens with zero attached hydrogens (tertiary/aromatic N) is 2. The average molecular weight is 362 g/mol. The molecule has 0 aliphatic carbocycles. The van der Waals surface area contributed by atoms with Gasteiger partial charge in [-0.2, -0.15) is 0 Å². The lowest BCUT2D eigenvalue weighted by molar-refractivity contribution is 0.225. The minimum absolute atomic E-state index is 0.680. The van der Waals surface area contributed by atoms with Crippen LogP contribution in [0.25, 0.3) is 10.9 Å². The van der Waals surface area contributed by atoms with Crippen LogP contribution in [0.3, 0.4) is 0 Å². The molecule has 1 aromatic heterocycles. The van der Waals surface area contributed by atoms with Crippen LogP contribution in [0.1, 0.15) is 22.3 Å². The van der Waals surface area contributed by atoms with Crippen LogP contribution in [0.2, 0.25) is 0 Å². The van der Waals surface area contributed by atoms with Crippen LogP contribution in [0, 0.1) is 13.8 Å². The van der Waals surface area contributed by atoms with Gasteiger partial charge in [0.15, 0.2) is 0 Å². The standard InChI is InChI=1S/C23H26N2O2/c1-16-4-5-17(2)22-21(16)14-19-15-25(12-13-27-23(19)24-22)11-10-18-6-8-20(26-3)9-7-18/h4-9,14H,10-13,15H2,1-3H3. The molecule has 1 aliphatic heterocycles. The van der Waals surface area contributed by atoms with E-state index in [2.05, 4.69) is 49.1 Å². The Labute approximate surface area is 160 Å². The van der Waals surface area contributed by atoms with Gasteiger partial charge >= 0.3 is 0 Å². The molecule has 0 unspecified atom stereocenters. The van der Waals surface area contributed by atoms with Crippen LogP contribution in [0.4, 0.5) is 0 Å². The zero-order valence-electron chi connectivity index (χ0n) is 16.3. The summed E-state index contributed by atoms with van der Waals surface area (Å²) in [6, 6.07) is 14.9. The molecule has 4 rings (SSSR count). The summed E-state index contributed by atoms with van der Waals surface area (Å²) in [5.74, 6) is 1.70. The number of hydrogen-bond donors (Lipinski definition) is 0. The second-order valence-electron chi connectivity index (χ2n) is 7.27. The molecule has 0 fully saturated rings. The van der Waals surface area contributed by atoms with Crippen molar-refractivity contribution in [3.63, 3.8) is 0 Å². The lowest BCUT2D eigenvalue weighted by Crippen LogP contribution is -2.27. The minimum atomic E-state index is 0.680. The summed E-state index contributed by atoms with van der Waals surface area (Å²) >= 11 is 0. The van der Waals surface area contributed by atoms with Crippen molar-refractivity contribution < 1.29 is 9.47 Å². The maximum absolute atomic E-state index is 5.99. The third-order valence-electron chi connectivity index (χ3n) is 5.36. The summed E-state index contributed by atoms with van der Waals surface area (Å²) < 4.78 is 11.2. The molecule has 0 atom stereocenters. The Hall–Kier alpha value is -2.59. The first-order valence-electron chi connectivity index (χ1n) is 9.52. The van der Waals surface area contributed by atoms with E-state index in [1.165, 1.54) is 27.6 Å². The Bertz CT molecular complexity index is 951. The number of methoxy groups -OCH3 is 1. The predicted molar refractivity (Wildman–Crippen MR) is 109 cm³/mol. The second kappa shape index (κ2) is 7.57. The molecule has 0 radical (unpaired) electrons. The van der Waals surface area contributed by atoms with Gasteiger partial charge in [0.1, 0.15) is 12.4 Å². The number of benzene rings is 2. The van der Waals surface area contributed by atoms with Crippen LogP contribution in [-0.2, 0) is 13.0 Å². The van der Waals surface area contributed by atoms with Crippen molar-refractivity contribution in [1.82, 2.24) is 9.88 Å². The molecule has 4 heteroatoms. The highest BCUT2D eigenvalue weighted by molar-refractivity contribution is 5.86. The normalized spacial score (nSPS) is 14.5. The maximum atomic E-state index is 5.99. The molecule has 1 aliphatic rings. The number of rotatable bonds is 4. The minimum Gasteiger partial charge on any atom is -0.497 e. The first-order chi connectivity index (χ1) is 13.1. The third-order valence-corrected chi connectivity index (χ3v) is 5.36. The van der Waals surface area contributed by atoms with E-state index in [1.54, 1.807) is 7.11 Å². The van der Waals surface area contributed by atoms with Crippen molar-refractivity contribution in [1.29, 1.82) is 0 Å². The van der Waals surface area contributed by atoms with Gasteiger partial charge in [-0.3, -0.25) is 4.90 Å². The first kappa shape index (κ1) is 17.8. The van der Waals surface area contributed by atoms with Crippen LogP contribution in [0.5, 0.6) is 11.6 Å². The molecule has 0 saturated heterocycles. The fraction of sp³-hybridized carbons (Fsp3) is 0.348. The van der Waals surface area contributed by atoms with Crippen LogP contribution in [-0.4, -0.2) is 36.7 Å². The lowest BCUT2D eigenvalue weighted by atomic mass is 10.0. The van der Waals surface area contributed by atoms with E-state index >= 15 is 0 Å². The summed E-state index contributed by atoms with van der Waals surface area (Å²) in [7, 11) is 1.70. The number of aromatic nitrogens is 1. The summed E-state index contributed by atoms with van der Waals surface area (Å²) in [5, 5.41) is 1.23. The van der Waals surface area contributed by atoms with E-state index in [4.69, 9.17) is 14.5 Å². The van der Waals surface area contributed by atoms with E-state index in [1.807, 2.05) is 12.1 Å². The quantitative estimate of drug-likeness (QED) is 0.693. The first-order valence-corrected chi connectivity index (χ1v) is 9.52. The number of hydrogen-bond acceptors (Lipinski definition) is 4. The van der Waals surface area contributed by atoms with Crippen molar-refractivity contribution in [2.45, 2.75) is 26.8 Å². The van der Waals surface area contributed by atoms with Gasteiger partial charge in [-0.25, -0.2) is 4.98 Å². The number of pyridine rings is 1. The molecule has 0 saturated carbocycles. The number of aryl methyl sites for hydroxylation is 2. The SMILES string of the molecule is COc1ccc(CCN2CCOc3nc4c(C)ccc(C)c4cc3C2)cc1. The molecule has 27 heavy (non-hydrogen) atoms. The van der Waals surface area contributed by atoms with Crippen LogP contribution < -0.4 is 9.47 Å². The smallest absolute Gasteiger partial charge is 0.218 e. The lowest BCUT2D eigenvalue weighted by Gasteiger charge is -2.19. The molecular weight excluding hydrogens is 336 g/mol. The maximum Gasteiger partial charge on any atom is 0.218 e. The zero-order chi connectivity index (χ0) is 18.8. The van der Waals surface area contributed by atoms with Gasteiger partial charge in [-0.1, -0.05) is 24.3 Å². The molecule has 4 nitrogen and oxygen atoms in total. The van der Waals surface area contributed by atoms with E-state index in [0.29, 0.717) is 6.61 Å². The van der Waals surface area contributed by atoms with Crippen LogP contribution >= 0.6 is 0 Å². The van der Waals surface area contributed by atoms with Crippen molar-refractivity contribution in [2.75, 3.05) is 26.8 Å². The molecular formula is C23H26N2O2. The molecule has 140 valence electrons. The molecule has 2 aromatic carbocycles. The predicted octanol–water partition coefficient (Wildman–Crippen LogP) is 4.30. The van der Waals surface area contributed by atoms with Crippen molar-refractivity contribution in [3.8, 4) is 11.6 Å². The summed E-state index contributed by atoms with van der Waals surface area (Å²) in [6.45, 7) is 7.73. The Balaban J connectivity index is 1.53. The monoisotopic (exact) mass is 362 g/mol. The number of fused-ring (bicyclic) bond motifs is 2. The average Bonchev–Trinajstić information content (AvgIpc) is 2.90. The van der Waals surface area contributed by atoms with Gasteiger partial charge in [0.25, 0.3) is 0 Å². The van der Waals surface area contributed by atoms with Gasteiger partial charge < -0.3 is 9.47 Å². The van der Waals surface area contributed by atoms with Crippen molar-refractivity contribution >= 4 is 10.9 Å². The van der Waals surface area contributed by atoms with Crippen molar-refractivity contribution in [3.05, 3.63) is 64.7 Å². The Kier molecular flexibility index (Phi) is 4.99. The van der Waals surface area contributed by atoms with Gasteiger partial charge in [0.2, 0.25) is 5.88 Å². The van der Waals surface area contributed by atoms with Gasteiger partial charge in [0.05, 0.1) is 12.6 Å². The summed E-state index contributed by atoms with van der Waals surface area (Å²) in [5.41, 5.74) is 6.02. The van der Waals surface area contributed by atoms with E-state index in [0.717, 1.165) is 43.2 Å². The zero-order valence-corrected chi connectivity index (χ0v) is 16.3. The fourth-order valence-electron chi connectivity index (χ4n) is 3.66. The Morgan fingerprint density at radius 2 is 1.85 bits per heavy atom. The second-order valence-corrected chi connectivity index (χ2v) is 7.27. The summed E-state index contributed by atoms with van der Waals surface area (Å²) in [4.78, 5) is 7.30. The highest BCUT2D eigenvalue weighted by Gasteiger charge is 2.18. The third kappa shape index (κ3) is 3.76. The molecule has 0 N–H and O–H groups in total. The molecule has 0 bridgehead atoms. The van der Waals surface area contributed by atoms with E-state index in [9.17, 15) is 0 Å². The Morgan fingerprint density at radius 3 is 2.63 bits per heavy atom. The highest BCUT2D eigenvalue weighted by Crippen LogP contribution is 2.29. The molecule has 0 amide bonds. The summed E-state index contributed by atoms with van der Waals surface area (Å²) in [6.07, 6.45) is 1.01. The van der Waals surface area contributed by atoms with E-state index < -0.39 is 0 Å². The van der Waals surface area contributed by atoms with Gasteiger partial charge in [-0.05, 0) is 55.2 Å². The molecule has 0 spiro atoms. The highest BCUT2D eigenvalue weighted by atomic mass is 16.5. The molecule has 2 heterocycles. The van der Waals surface area contributed by atoms with Gasteiger partial charge in [-0.15, -0.1) is 0 Å². The van der Waals surface area contributed by atoms with Gasteiger partial charge in [0, 0.05) is 30.6 Å². The largest absolute Gasteiger partial charge is 0.497 e. The topological polar surface area (TPSA) is 34.6 Å². The molecule has 3 aromatic rings. The fourth-order valence-corrected chi connectivity index (χ4v) is 3.66.